The summed E-state index contributed by atoms with van der Waals surface area (Å²) in [6, 6.07) is 3.84. The lowest BCUT2D eigenvalue weighted by Crippen LogP contribution is -2.31. The number of nitrogens with one attached hydrogen (secondary N) is 1. The van der Waals surface area contributed by atoms with Crippen molar-refractivity contribution in [3.63, 3.8) is 0 Å². The van der Waals surface area contributed by atoms with E-state index >= 15 is 0 Å². The third kappa shape index (κ3) is 2.90. The van der Waals surface area contributed by atoms with E-state index in [1.165, 1.54) is 11.5 Å². The number of amides is 1. The molecule has 0 radical (unpaired) electrons. The molecule has 0 spiro atoms. The van der Waals surface area contributed by atoms with Gasteiger partial charge in [0.2, 0.25) is 5.90 Å². The Morgan fingerprint density at radius 1 is 1.63 bits per heavy atom. The van der Waals surface area contributed by atoms with Gasteiger partial charge >= 0.3 is 0 Å². The van der Waals surface area contributed by atoms with Crippen molar-refractivity contribution in [1.82, 2.24) is 5.48 Å². The molecule has 102 valence electrons. The quantitative estimate of drug-likeness (QED) is 0.639. The second-order valence-corrected chi connectivity index (χ2v) is 4.29. The van der Waals surface area contributed by atoms with Crippen LogP contribution in [0.1, 0.15) is 24.5 Å². The van der Waals surface area contributed by atoms with Gasteiger partial charge in [0.25, 0.3) is 5.91 Å². The van der Waals surface area contributed by atoms with Crippen molar-refractivity contribution in [3.8, 4) is 0 Å². The zero-order valence-electron chi connectivity index (χ0n) is 10.5. The first-order valence-corrected chi connectivity index (χ1v) is 6.09. The van der Waals surface area contributed by atoms with Gasteiger partial charge in [0.15, 0.2) is 6.04 Å². The predicted molar refractivity (Wildman–Crippen MR) is 66.6 cm³/mol. The highest BCUT2D eigenvalue weighted by molar-refractivity contribution is 5.98. The fourth-order valence-corrected chi connectivity index (χ4v) is 1.91. The molecule has 0 fully saturated rings. The van der Waals surface area contributed by atoms with E-state index in [0.29, 0.717) is 23.4 Å². The maximum absolute atomic E-state index is 13.5. The molecule has 1 aromatic rings. The van der Waals surface area contributed by atoms with E-state index in [2.05, 4.69) is 4.99 Å². The second-order valence-electron chi connectivity index (χ2n) is 4.29. The van der Waals surface area contributed by atoms with E-state index in [9.17, 15) is 9.18 Å². The van der Waals surface area contributed by atoms with E-state index in [1.54, 1.807) is 12.1 Å². The lowest BCUT2D eigenvalue weighted by Gasteiger charge is -2.05. The highest BCUT2D eigenvalue weighted by atomic mass is 19.1. The minimum absolute atomic E-state index is 0.0716. The fourth-order valence-electron chi connectivity index (χ4n) is 1.91. The summed E-state index contributed by atoms with van der Waals surface area (Å²) in [5.41, 5.74) is 2.77. The van der Waals surface area contributed by atoms with Crippen molar-refractivity contribution in [1.29, 1.82) is 0 Å². The van der Waals surface area contributed by atoms with Crippen LogP contribution in [0.15, 0.2) is 23.2 Å². The van der Waals surface area contributed by atoms with Gasteiger partial charge in [-0.1, -0.05) is 13.3 Å². The number of carbonyl (C=O) groups is 1. The van der Waals surface area contributed by atoms with Gasteiger partial charge in [-0.25, -0.2) is 14.9 Å². The number of hydrogen-bond donors (Lipinski definition) is 2. The summed E-state index contributed by atoms with van der Waals surface area (Å²) in [6.07, 6.45) is 1.47. The van der Waals surface area contributed by atoms with E-state index in [4.69, 9.17) is 9.94 Å². The molecule has 1 aromatic carbocycles. The Balaban J connectivity index is 2.23. The number of rotatable bonds is 4. The van der Waals surface area contributed by atoms with Gasteiger partial charge in [0.1, 0.15) is 12.4 Å². The van der Waals surface area contributed by atoms with Crippen LogP contribution in [-0.2, 0) is 16.0 Å². The molecular formula is C13H15FN2O3. The molecule has 19 heavy (non-hydrogen) atoms. The minimum Gasteiger partial charge on any atom is -0.475 e. The summed E-state index contributed by atoms with van der Waals surface area (Å²) in [5.74, 6) is -0.578. The van der Waals surface area contributed by atoms with Crippen molar-refractivity contribution in [3.05, 3.63) is 35.1 Å². The summed E-state index contributed by atoms with van der Waals surface area (Å²) >= 11 is 0. The van der Waals surface area contributed by atoms with Crippen LogP contribution in [0.25, 0.3) is 0 Å². The van der Waals surface area contributed by atoms with Crippen LogP contribution in [0.2, 0.25) is 0 Å². The van der Waals surface area contributed by atoms with Crippen LogP contribution >= 0.6 is 0 Å². The molecular weight excluding hydrogens is 251 g/mol. The molecule has 0 unspecified atom stereocenters. The molecule has 6 heteroatoms. The van der Waals surface area contributed by atoms with E-state index in [-0.39, 0.29) is 12.4 Å². The third-order valence-corrected chi connectivity index (χ3v) is 2.88. The standard InChI is InChI=1S/C13H15FN2O3/c1-2-3-8-6-9(4-5-10(8)14)13-15-11(7-19-13)12(17)16-18/h4-6,11,18H,2-3,7H2,1H3,(H,16,17)/t11-/m1/s1. The molecule has 1 heterocycles. The first kappa shape index (κ1) is 13.5. The summed E-state index contributed by atoms with van der Waals surface area (Å²) in [6.45, 7) is 2.04. The average molecular weight is 266 g/mol. The van der Waals surface area contributed by atoms with E-state index in [0.717, 1.165) is 6.42 Å². The topological polar surface area (TPSA) is 70.9 Å². The number of aryl methyl sites for hydroxylation is 1. The third-order valence-electron chi connectivity index (χ3n) is 2.88. The van der Waals surface area contributed by atoms with Crippen molar-refractivity contribution >= 4 is 11.8 Å². The molecule has 1 atom stereocenters. The molecule has 0 bridgehead atoms. The zero-order chi connectivity index (χ0) is 13.8. The van der Waals surface area contributed by atoms with Crippen molar-refractivity contribution in [2.75, 3.05) is 6.61 Å². The molecule has 0 aliphatic carbocycles. The predicted octanol–water partition coefficient (Wildman–Crippen LogP) is 1.43. The Kier molecular flexibility index (Phi) is 4.11. The van der Waals surface area contributed by atoms with E-state index < -0.39 is 11.9 Å². The van der Waals surface area contributed by atoms with Crippen LogP contribution in [0.3, 0.4) is 0 Å². The summed E-state index contributed by atoms with van der Waals surface area (Å²) < 4.78 is 18.8. The molecule has 0 saturated heterocycles. The molecule has 2 rings (SSSR count). The van der Waals surface area contributed by atoms with Gasteiger partial charge in [0, 0.05) is 5.56 Å². The Labute approximate surface area is 110 Å². The zero-order valence-corrected chi connectivity index (χ0v) is 10.5. The van der Waals surface area contributed by atoms with Gasteiger partial charge in [-0.3, -0.25) is 10.0 Å². The van der Waals surface area contributed by atoms with Crippen LogP contribution in [0.4, 0.5) is 4.39 Å². The van der Waals surface area contributed by atoms with E-state index in [1.807, 2.05) is 6.92 Å². The Morgan fingerprint density at radius 3 is 3.11 bits per heavy atom. The van der Waals surface area contributed by atoms with Gasteiger partial charge < -0.3 is 4.74 Å². The summed E-state index contributed by atoms with van der Waals surface area (Å²) in [7, 11) is 0. The number of hydrogen-bond acceptors (Lipinski definition) is 4. The molecule has 2 N–H and O–H groups in total. The summed E-state index contributed by atoms with van der Waals surface area (Å²) in [4.78, 5) is 15.3. The van der Waals surface area contributed by atoms with Crippen LogP contribution in [0.5, 0.6) is 0 Å². The van der Waals surface area contributed by atoms with Gasteiger partial charge in [-0.2, -0.15) is 0 Å². The number of hydroxylamine groups is 1. The van der Waals surface area contributed by atoms with Crippen molar-refractivity contribution in [2.45, 2.75) is 25.8 Å². The van der Waals surface area contributed by atoms with Crippen LogP contribution in [-0.4, -0.2) is 29.7 Å². The number of nitrogens with zero attached hydrogens (tertiary/aromatic N) is 1. The number of halogens is 1. The highest BCUT2D eigenvalue weighted by Gasteiger charge is 2.26. The molecule has 0 aromatic heterocycles. The van der Waals surface area contributed by atoms with Crippen LogP contribution < -0.4 is 5.48 Å². The Morgan fingerprint density at radius 2 is 2.42 bits per heavy atom. The molecule has 1 aliphatic rings. The normalized spacial score (nSPS) is 17.8. The fraction of sp³-hybridized carbons (Fsp3) is 0.385. The number of ether oxygens (including phenoxy) is 1. The second kappa shape index (κ2) is 5.79. The van der Waals surface area contributed by atoms with Gasteiger partial charge in [0.05, 0.1) is 0 Å². The van der Waals surface area contributed by atoms with Crippen molar-refractivity contribution < 1.29 is 19.1 Å². The Bertz CT molecular complexity index is 517. The smallest absolute Gasteiger partial charge is 0.271 e. The largest absolute Gasteiger partial charge is 0.475 e. The lowest BCUT2D eigenvalue weighted by molar-refractivity contribution is -0.130. The number of carbonyl (C=O) groups excluding carboxylic acids is 1. The average Bonchev–Trinajstić information content (AvgIpc) is 2.90. The number of benzene rings is 1. The molecule has 0 saturated carbocycles. The highest BCUT2D eigenvalue weighted by Crippen LogP contribution is 2.17. The maximum Gasteiger partial charge on any atom is 0.271 e. The molecule has 5 nitrogen and oxygen atoms in total. The first-order chi connectivity index (χ1) is 9.15. The molecule has 1 aliphatic heterocycles. The van der Waals surface area contributed by atoms with Gasteiger partial charge in [-0.15, -0.1) is 0 Å². The van der Waals surface area contributed by atoms with Crippen LogP contribution in [0, 0.1) is 5.82 Å². The minimum atomic E-state index is -0.764. The van der Waals surface area contributed by atoms with Gasteiger partial charge in [-0.05, 0) is 30.2 Å². The molecule has 1 amide bonds. The summed E-state index contributed by atoms with van der Waals surface area (Å²) in [5, 5.41) is 8.53. The SMILES string of the molecule is CCCc1cc(C2=N[C@@H](C(=O)NO)CO2)ccc1F. The van der Waals surface area contributed by atoms with Crippen molar-refractivity contribution in [2.24, 2.45) is 4.99 Å². The number of aliphatic imine (C=N–C) groups is 1. The lowest BCUT2D eigenvalue weighted by atomic mass is 10.1. The Hall–Kier alpha value is -1.95. The maximum atomic E-state index is 13.5. The monoisotopic (exact) mass is 266 g/mol. The first-order valence-electron chi connectivity index (χ1n) is 6.09.